The molecule has 0 bridgehead atoms. The summed E-state index contributed by atoms with van der Waals surface area (Å²) in [5.41, 5.74) is 1.85. The number of amides is 2. The topological polar surface area (TPSA) is 66.5 Å². The number of hydrogen-bond donors (Lipinski definition) is 1. The number of carbonyl (C=O) groups excluding carboxylic acids is 3. The zero-order valence-electron chi connectivity index (χ0n) is 12.7. The van der Waals surface area contributed by atoms with E-state index in [2.05, 4.69) is 5.32 Å². The van der Waals surface area contributed by atoms with Gasteiger partial charge < -0.3 is 10.2 Å². The van der Waals surface area contributed by atoms with Crippen LogP contribution >= 0.6 is 34.8 Å². The molecule has 1 heterocycles. The molecule has 3 rings (SSSR count). The first-order valence-corrected chi connectivity index (χ1v) is 8.49. The third-order valence-corrected chi connectivity index (χ3v) is 4.68. The predicted octanol–water partition coefficient (Wildman–Crippen LogP) is 3.90. The quantitative estimate of drug-likeness (QED) is 0.628. The van der Waals surface area contributed by atoms with Gasteiger partial charge in [0, 0.05) is 5.69 Å². The first kappa shape index (κ1) is 17.7. The lowest BCUT2D eigenvalue weighted by Crippen LogP contribution is -2.29. The maximum atomic E-state index is 12.3. The molecular weight excluding hydrogens is 387 g/mol. The van der Waals surface area contributed by atoms with E-state index in [1.165, 1.54) is 11.0 Å². The van der Waals surface area contributed by atoms with Gasteiger partial charge in [0.05, 0.1) is 27.8 Å². The van der Waals surface area contributed by atoms with E-state index in [0.29, 0.717) is 21.4 Å². The Morgan fingerprint density at radius 2 is 1.80 bits per heavy atom. The van der Waals surface area contributed by atoms with Crippen LogP contribution in [0.4, 0.5) is 11.4 Å². The molecule has 0 radical (unpaired) electrons. The van der Waals surface area contributed by atoms with Crippen molar-refractivity contribution in [1.82, 2.24) is 0 Å². The van der Waals surface area contributed by atoms with Crippen molar-refractivity contribution in [3.8, 4) is 0 Å². The van der Waals surface area contributed by atoms with Crippen LogP contribution in [0.1, 0.15) is 15.9 Å². The Labute approximate surface area is 158 Å². The molecule has 0 atom stereocenters. The van der Waals surface area contributed by atoms with Crippen LogP contribution < -0.4 is 10.2 Å². The minimum atomic E-state index is -0.637. The number of hydrogen-bond acceptors (Lipinski definition) is 3. The molecule has 5 nitrogen and oxygen atoms in total. The van der Waals surface area contributed by atoms with Crippen molar-refractivity contribution >= 4 is 63.8 Å². The molecule has 0 fully saturated rings. The number of halogens is 3. The molecular formula is C17H11Cl3N2O3. The fraction of sp³-hybridized carbons (Fsp3) is 0.118. The molecule has 1 aliphatic heterocycles. The second kappa shape index (κ2) is 7.04. The lowest BCUT2D eigenvalue weighted by atomic mass is 10.1. The Balaban J connectivity index is 1.91. The monoisotopic (exact) mass is 396 g/mol. The van der Waals surface area contributed by atoms with Gasteiger partial charge in [-0.05, 0) is 35.9 Å². The SMILES string of the molecule is O=C(CCl)Nc1ccc2c(c1)C(=O)C(=O)N2Cc1ccc(Cl)c(Cl)c1. The highest BCUT2D eigenvalue weighted by Crippen LogP contribution is 2.33. The van der Waals surface area contributed by atoms with Crippen molar-refractivity contribution in [2.45, 2.75) is 6.54 Å². The van der Waals surface area contributed by atoms with Crippen molar-refractivity contribution in [3.05, 3.63) is 57.6 Å². The summed E-state index contributed by atoms with van der Waals surface area (Å²) < 4.78 is 0. The number of fused-ring (bicyclic) bond motifs is 1. The highest BCUT2D eigenvalue weighted by molar-refractivity contribution is 6.52. The lowest BCUT2D eigenvalue weighted by molar-refractivity contribution is -0.114. The van der Waals surface area contributed by atoms with E-state index >= 15 is 0 Å². The molecule has 0 aromatic heterocycles. The van der Waals surface area contributed by atoms with E-state index in [1.807, 2.05) is 0 Å². The number of ketones is 1. The van der Waals surface area contributed by atoms with Crippen LogP contribution in [-0.4, -0.2) is 23.5 Å². The molecule has 2 amide bonds. The fourth-order valence-electron chi connectivity index (χ4n) is 2.55. The number of nitrogens with zero attached hydrogens (tertiary/aromatic N) is 1. The van der Waals surface area contributed by atoms with Crippen LogP contribution in [0.2, 0.25) is 10.0 Å². The second-order valence-corrected chi connectivity index (χ2v) is 6.46. The summed E-state index contributed by atoms with van der Waals surface area (Å²) in [6, 6.07) is 9.70. The molecule has 0 unspecified atom stereocenters. The zero-order valence-corrected chi connectivity index (χ0v) is 15.0. The normalized spacial score (nSPS) is 13.2. The van der Waals surface area contributed by atoms with Crippen LogP contribution in [0, 0.1) is 0 Å². The van der Waals surface area contributed by atoms with Gasteiger partial charge in [-0.3, -0.25) is 14.4 Å². The van der Waals surface area contributed by atoms with Crippen molar-refractivity contribution in [2.75, 3.05) is 16.1 Å². The fourth-order valence-corrected chi connectivity index (χ4v) is 2.94. The van der Waals surface area contributed by atoms with E-state index in [9.17, 15) is 14.4 Å². The smallest absolute Gasteiger partial charge is 0.299 e. The summed E-state index contributed by atoms with van der Waals surface area (Å²) in [5.74, 6) is -1.86. The minimum Gasteiger partial charge on any atom is -0.325 e. The number of carbonyl (C=O) groups is 3. The summed E-state index contributed by atoms with van der Waals surface area (Å²) in [6.45, 7) is 0.182. The standard InChI is InChI=1S/C17H11Cl3N2O3/c18-7-15(23)21-10-2-4-14-11(6-10)16(24)17(25)22(14)8-9-1-3-12(19)13(20)5-9/h1-6H,7-8H2,(H,21,23). The van der Waals surface area contributed by atoms with E-state index in [0.717, 1.165) is 5.56 Å². The van der Waals surface area contributed by atoms with Crippen LogP contribution in [-0.2, 0) is 16.1 Å². The van der Waals surface area contributed by atoms with Crippen molar-refractivity contribution < 1.29 is 14.4 Å². The molecule has 0 saturated carbocycles. The van der Waals surface area contributed by atoms with Gasteiger partial charge in [0.1, 0.15) is 5.88 Å². The molecule has 0 spiro atoms. The highest BCUT2D eigenvalue weighted by Gasteiger charge is 2.36. The number of rotatable bonds is 4. The first-order chi connectivity index (χ1) is 11.9. The van der Waals surface area contributed by atoms with E-state index in [-0.39, 0.29) is 18.0 Å². The number of nitrogens with one attached hydrogen (secondary N) is 1. The van der Waals surface area contributed by atoms with Gasteiger partial charge in [0.2, 0.25) is 5.91 Å². The van der Waals surface area contributed by atoms with E-state index < -0.39 is 17.6 Å². The molecule has 0 aliphatic carbocycles. The van der Waals surface area contributed by atoms with Gasteiger partial charge in [-0.1, -0.05) is 29.3 Å². The van der Waals surface area contributed by atoms with Crippen molar-refractivity contribution in [1.29, 1.82) is 0 Å². The Hall–Kier alpha value is -2.08. The van der Waals surface area contributed by atoms with Crippen LogP contribution in [0.25, 0.3) is 0 Å². The van der Waals surface area contributed by atoms with Crippen molar-refractivity contribution in [2.24, 2.45) is 0 Å². The minimum absolute atomic E-state index is 0.182. The maximum absolute atomic E-state index is 12.3. The third-order valence-electron chi connectivity index (χ3n) is 3.70. The average molecular weight is 398 g/mol. The molecule has 25 heavy (non-hydrogen) atoms. The average Bonchev–Trinajstić information content (AvgIpc) is 2.83. The summed E-state index contributed by atoms with van der Waals surface area (Å²) in [5, 5.41) is 3.33. The Morgan fingerprint density at radius 1 is 1.04 bits per heavy atom. The number of alkyl halides is 1. The van der Waals surface area contributed by atoms with E-state index in [1.54, 1.807) is 30.3 Å². The molecule has 128 valence electrons. The van der Waals surface area contributed by atoms with Gasteiger partial charge in [-0.2, -0.15) is 0 Å². The third kappa shape index (κ3) is 3.49. The Morgan fingerprint density at radius 3 is 2.48 bits per heavy atom. The first-order valence-electron chi connectivity index (χ1n) is 7.20. The van der Waals surface area contributed by atoms with Crippen LogP contribution in [0.15, 0.2) is 36.4 Å². The van der Waals surface area contributed by atoms with Gasteiger partial charge in [0.25, 0.3) is 11.7 Å². The second-order valence-electron chi connectivity index (χ2n) is 5.38. The van der Waals surface area contributed by atoms with Gasteiger partial charge in [-0.25, -0.2) is 0 Å². The number of anilines is 2. The summed E-state index contributed by atoms with van der Waals surface area (Å²) in [4.78, 5) is 37.3. The predicted molar refractivity (Wildman–Crippen MR) is 97.8 cm³/mol. The number of Topliss-reactive ketones (excluding diaryl/α,β-unsaturated/α-hetero) is 1. The Bertz CT molecular complexity index is 899. The molecule has 2 aromatic rings. The van der Waals surface area contributed by atoms with Crippen molar-refractivity contribution in [3.63, 3.8) is 0 Å². The van der Waals surface area contributed by atoms with E-state index in [4.69, 9.17) is 34.8 Å². The molecule has 0 saturated heterocycles. The largest absolute Gasteiger partial charge is 0.325 e. The molecule has 8 heteroatoms. The highest BCUT2D eigenvalue weighted by atomic mass is 35.5. The number of benzene rings is 2. The summed E-state index contributed by atoms with van der Waals surface area (Å²) >= 11 is 17.3. The van der Waals surface area contributed by atoms with Gasteiger partial charge in [-0.15, -0.1) is 11.6 Å². The Kier molecular flexibility index (Phi) is 4.99. The summed E-state index contributed by atoms with van der Waals surface area (Å²) in [7, 11) is 0. The van der Waals surface area contributed by atoms with Gasteiger partial charge in [0.15, 0.2) is 0 Å². The molecule has 2 aromatic carbocycles. The lowest BCUT2D eigenvalue weighted by Gasteiger charge is -2.17. The van der Waals surface area contributed by atoms with Crippen LogP contribution in [0.3, 0.4) is 0 Å². The van der Waals surface area contributed by atoms with Crippen LogP contribution in [0.5, 0.6) is 0 Å². The molecule has 1 N–H and O–H groups in total. The maximum Gasteiger partial charge on any atom is 0.299 e. The zero-order chi connectivity index (χ0) is 18.1. The summed E-state index contributed by atoms with van der Waals surface area (Å²) in [6.07, 6.45) is 0. The van der Waals surface area contributed by atoms with Gasteiger partial charge >= 0.3 is 0 Å². The molecule has 1 aliphatic rings.